The third-order valence-corrected chi connectivity index (χ3v) is 3.91. The van der Waals surface area contributed by atoms with Crippen molar-refractivity contribution in [3.8, 4) is 5.75 Å². The molecule has 5 nitrogen and oxygen atoms in total. The van der Waals surface area contributed by atoms with E-state index in [-0.39, 0.29) is 16.1 Å². The number of benzene rings is 1. The lowest BCUT2D eigenvalue weighted by atomic mass is 9.89. The van der Waals surface area contributed by atoms with Gasteiger partial charge in [0.2, 0.25) is 0 Å². The molecule has 1 aliphatic rings. The average Bonchev–Trinajstić information content (AvgIpc) is 2.68. The predicted molar refractivity (Wildman–Crippen MR) is 73.3 cm³/mol. The number of rotatable bonds is 4. The summed E-state index contributed by atoms with van der Waals surface area (Å²) in [4.78, 5) is 10.5. The van der Waals surface area contributed by atoms with Gasteiger partial charge in [-0.2, -0.15) is 0 Å². The Balaban J connectivity index is 2.27. The van der Waals surface area contributed by atoms with Crippen LogP contribution in [0.1, 0.15) is 31.7 Å². The van der Waals surface area contributed by atoms with Crippen LogP contribution in [0.3, 0.4) is 0 Å². The molecule has 1 aliphatic carbocycles. The molecule has 0 heterocycles. The molecule has 1 fully saturated rings. The van der Waals surface area contributed by atoms with Gasteiger partial charge in [-0.1, -0.05) is 6.92 Å². The van der Waals surface area contributed by atoms with Gasteiger partial charge in [0.15, 0.2) is 0 Å². The lowest BCUT2D eigenvalue weighted by Crippen LogP contribution is -2.39. The zero-order chi connectivity index (χ0) is 14.0. The second kappa shape index (κ2) is 5.17. The fourth-order valence-electron chi connectivity index (χ4n) is 2.99. The summed E-state index contributed by atoms with van der Waals surface area (Å²) in [5, 5.41) is 10.9. The number of hydrogen-bond acceptors (Lipinski definition) is 4. The van der Waals surface area contributed by atoms with Crippen LogP contribution in [0.2, 0.25) is 0 Å². The van der Waals surface area contributed by atoms with Gasteiger partial charge in [0.25, 0.3) is 5.69 Å². The molecule has 0 bridgehead atoms. The van der Waals surface area contributed by atoms with Gasteiger partial charge >= 0.3 is 0 Å². The highest BCUT2D eigenvalue weighted by atomic mass is 16.6. The molecule has 2 rings (SSSR count). The summed E-state index contributed by atoms with van der Waals surface area (Å²) in [6.07, 6.45) is 3.66. The normalized spacial score (nSPS) is 26.4. The number of hydrogen-bond donors (Lipinski definition) is 1. The van der Waals surface area contributed by atoms with E-state index in [9.17, 15) is 10.1 Å². The van der Waals surface area contributed by atoms with Gasteiger partial charge < -0.3 is 10.5 Å². The number of nitrogens with two attached hydrogens (primary N) is 1. The molecule has 0 radical (unpaired) electrons. The number of nitrogens with zero attached hydrogens (tertiary/aromatic N) is 1. The fourth-order valence-corrected chi connectivity index (χ4v) is 2.99. The molecule has 1 saturated carbocycles. The van der Waals surface area contributed by atoms with E-state index in [2.05, 4.69) is 6.92 Å². The van der Waals surface area contributed by atoms with Crippen molar-refractivity contribution in [2.24, 2.45) is 11.7 Å². The molecule has 0 spiro atoms. The van der Waals surface area contributed by atoms with E-state index in [0.29, 0.717) is 18.1 Å². The highest BCUT2D eigenvalue weighted by Gasteiger charge is 2.34. The molecule has 2 unspecified atom stereocenters. The zero-order valence-electron chi connectivity index (χ0n) is 11.4. The van der Waals surface area contributed by atoms with Crippen LogP contribution < -0.4 is 10.5 Å². The van der Waals surface area contributed by atoms with Gasteiger partial charge in [-0.05, 0) is 37.7 Å². The average molecular weight is 264 g/mol. The summed E-state index contributed by atoms with van der Waals surface area (Å²) in [5.74, 6) is 1.30. The topological polar surface area (TPSA) is 78.4 Å². The van der Waals surface area contributed by atoms with Crippen molar-refractivity contribution < 1.29 is 9.66 Å². The summed E-state index contributed by atoms with van der Waals surface area (Å²) in [6, 6.07) is 4.69. The maximum absolute atomic E-state index is 10.9. The summed E-state index contributed by atoms with van der Waals surface area (Å²) in [5.41, 5.74) is 7.06. The zero-order valence-corrected chi connectivity index (χ0v) is 11.4. The van der Waals surface area contributed by atoms with E-state index < -0.39 is 0 Å². The first-order chi connectivity index (χ1) is 8.93. The quantitative estimate of drug-likeness (QED) is 0.669. The molecule has 2 N–H and O–H groups in total. The van der Waals surface area contributed by atoms with E-state index in [1.165, 1.54) is 6.07 Å². The van der Waals surface area contributed by atoms with Gasteiger partial charge in [0.05, 0.1) is 12.0 Å². The van der Waals surface area contributed by atoms with E-state index in [0.717, 1.165) is 24.8 Å². The highest BCUT2D eigenvalue weighted by molar-refractivity contribution is 5.44. The predicted octanol–water partition coefficient (Wildman–Crippen LogP) is 2.66. The molecule has 1 aromatic rings. The van der Waals surface area contributed by atoms with Crippen LogP contribution in [-0.4, -0.2) is 17.6 Å². The number of methoxy groups -OCH3 is 1. The molecule has 1 aromatic carbocycles. The van der Waals surface area contributed by atoms with Crippen LogP contribution in [0.4, 0.5) is 5.69 Å². The molecule has 0 saturated heterocycles. The summed E-state index contributed by atoms with van der Waals surface area (Å²) in [7, 11) is 1.57. The van der Waals surface area contributed by atoms with Crippen molar-refractivity contribution in [2.75, 3.05) is 7.11 Å². The van der Waals surface area contributed by atoms with Crippen molar-refractivity contribution in [1.29, 1.82) is 0 Å². The Morgan fingerprint density at radius 2 is 2.32 bits per heavy atom. The van der Waals surface area contributed by atoms with Crippen LogP contribution in [0.5, 0.6) is 5.75 Å². The van der Waals surface area contributed by atoms with Gasteiger partial charge in [-0.25, -0.2) is 0 Å². The van der Waals surface area contributed by atoms with Crippen LogP contribution in [0.15, 0.2) is 18.2 Å². The van der Waals surface area contributed by atoms with Crippen LogP contribution in [0.25, 0.3) is 0 Å². The summed E-state index contributed by atoms with van der Waals surface area (Å²) >= 11 is 0. The maximum Gasteiger partial charge on any atom is 0.269 e. The Bertz CT molecular complexity index is 490. The Labute approximate surface area is 112 Å². The van der Waals surface area contributed by atoms with E-state index in [1.807, 2.05) is 0 Å². The maximum atomic E-state index is 10.9. The Morgan fingerprint density at radius 1 is 1.58 bits per heavy atom. The molecule has 2 atom stereocenters. The second-order valence-corrected chi connectivity index (χ2v) is 5.64. The number of ether oxygens (including phenoxy) is 1. The lowest BCUT2D eigenvalue weighted by Gasteiger charge is -2.25. The van der Waals surface area contributed by atoms with Crippen molar-refractivity contribution in [3.05, 3.63) is 33.9 Å². The third kappa shape index (κ3) is 3.04. The van der Waals surface area contributed by atoms with Crippen molar-refractivity contribution in [2.45, 2.75) is 38.1 Å². The summed E-state index contributed by atoms with van der Waals surface area (Å²) in [6.45, 7) is 2.19. The van der Waals surface area contributed by atoms with Gasteiger partial charge in [-0.3, -0.25) is 10.1 Å². The summed E-state index contributed by atoms with van der Waals surface area (Å²) < 4.78 is 5.28. The Morgan fingerprint density at radius 3 is 2.84 bits per heavy atom. The number of non-ortho nitro benzene ring substituents is 1. The van der Waals surface area contributed by atoms with Gasteiger partial charge in [0, 0.05) is 23.2 Å². The van der Waals surface area contributed by atoms with E-state index in [4.69, 9.17) is 10.5 Å². The number of nitro benzene ring substituents is 1. The minimum absolute atomic E-state index is 0.0884. The van der Waals surface area contributed by atoms with Crippen molar-refractivity contribution in [1.82, 2.24) is 0 Å². The first-order valence-corrected chi connectivity index (χ1v) is 6.54. The molecule has 0 amide bonds. The fraction of sp³-hybridized carbons (Fsp3) is 0.571. The monoisotopic (exact) mass is 264 g/mol. The van der Waals surface area contributed by atoms with E-state index in [1.54, 1.807) is 19.2 Å². The second-order valence-electron chi connectivity index (χ2n) is 5.64. The smallest absolute Gasteiger partial charge is 0.269 e. The largest absolute Gasteiger partial charge is 0.496 e. The first-order valence-electron chi connectivity index (χ1n) is 6.54. The van der Waals surface area contributed by atoms with Crippen molar-refractivity contribution in [3.63, 3.8) is 0 Å². The van der Waals surface area contributed by atoms with Gasteiger partial charge in [0.1, 0.15) is 5.75 Å². The van der Waals surface area contributed by atoms with Crippen LogP contribution in [0, 0.1) is 16.0 Å². The molecule has 19 heavy (non-hydrogen) atoms. The molecular weight excluding hydrogens is 244 g/mol. The minimum atomic E-state index is -0.386. The standard InChI is InChI=1S/C14H20N2O3/c1-10-5-6-14(15,8-10)9-11-7-12(16(17)18)3-4-13(11)19-2/h3-4,7,10H,5-6,8-9,15H2,1-2H3. The Kier molecular flexibility index (Phi) is 3.75. The molecule has 5 heteroatoms. The molecule has 104 valence electrons. The van der Waals surface area contributed by atoms with Gasteiger partial charge in [-0.15, -0.1) is 0 Å². The molecule has 0 aliphatic heterocycles. The molecular formula is C14H20N2O3. The van der Waals surface area contributed by atoms with E-state index >= 15 is 0 Å². The SMILES string of the molecule is COc1ccc([N+](=O)[O-])cc1CC1(N)CCC(C)C1. The van der Waals surface area contributed by atoms with Crippen molar-refractivity contribution >= 4 is 5.69 Å². The van der Waals surface area contributed by atoms with Crippen LogP contribution >= 0.6 is 0 Å². The van der Waals surface area contributed by atoms with Crippen LogP contribution in [-0.2, 0) is 6.42 Å². The Hall–Kier alpha value is -1.62. The highest BCUT2D eigenvalue weighted by Crippen LogP contribution is 2.37. The molecule has 0 aromatic heterocycles. The number of nitro groups is 1. The third-order valence-electron chi connectivity index (χ3n) is 3.91. The minimum Gasteiger partial charge on any atom is -0.496 e. The lowest BCUT2D eigenvalue weighted by molar-refractivity contribution is -0.384. The first kappa shape index (κ1) is 13.8.